The van der Waals surface area contributed by atoms with Crippen molar-refractivity contribution in [2.24, 2.45) is 0 Å². The molecule has 2 fully saturated rings. The van der Waals surface area contributed by atoms with E-state index >= 15 is 0 Å². The second-order valence-corrected chi connectivity index (χ2v) is 5.59. The number of hydrogen-bond donors (Lipinski definition) is 0. The molecular weight excluding hydrogens is 225 g/mol. The molecule has 3 nitrogen and oxygen atoms in total. The van der Waals surface area contributed by atoms with Crippen molar-refractivity contribution in [2.75, 3.05) is 19.8 Å². The van der Waals surface area contributed by atoms with Crippen LogP contribution in [-0.2, 0) is 9.47 Å². The van der Waals surface area contributed by atoms with Gasteiger partial charge in [-0.15, -0.1) is 0 Å². The van der Waals surface area contributed by atoms with Crippen LogP contribution in [-0.4, -0.2) is 38.3 Å². The second kappa shape index (κ2) is 5.02. The van der Waals surface area contributed by atoms with Crippen molar-refractivity contribution in [1.82, 2.24) is 4.98 Å². The predicted molar refractivity (Wildman–Crippen MR) is 73.1 cm³/mol. The van der Waals surface area contributed by atoms with E-state index in [4.69, 9.17) is 9.47 Å². The van der Waals surface area contributed by atoms with Gasteiger partial charge >= 0.3 is 0 Å². The average Bonchev–Trinajstić information content (AvgIpc) is 2.40. The minimum atomic E-state index is 0.0632. The van der Waals surface area contributed by atoms with Gasteiger partial charge in [0.15, 0.2) is 0 Å². The minimum Gasteiger partial charge on any atom is -0.381 e. The van der Waals surface area contributed by atoms with Crippen LogP contribution in [0.5, 0.6) is 0 Å². The Hall–Kier alpha value is -0.865. The van der Waals surface area contributed by atoms with Crippen LogP contribution in [0.2, 0.25) is 0 Å². The lowest BCUT2D eigenvalue weighted by atomic mass is 9.79. The maximum absolute atomic E-state index is 6.07. The molecule has 2 aliphatic heterocycles. The Labute approximate surface area is 109 Å². The van der Waals surface area contributed by atoms with E-state index in [-0.39, 0.29) is 5.60 Å². The summed E-state index contributed by atoms with van der Waals surface area (Å²) in [6, 6.07) is 4.34. The first-order valence-electron chi connectivity index (χ1n) is 6.92. The molecule has 0 aromatic carbocycles. The van der Waals surface area contributed by atoms with E-state index in [0.29, 0.717) is 5.92 Å². The topological polar surface area (TPSA) is 31.4 Å². The van der Waals surface area contributed by atoms with Crippen molar-refractivity contribution in [1.29, 1.82) is 0 Å². The molecule has 3 rings (SSSR count). The molecule has 1 atom stereocenters. The van der Waals surface area contributed by atoms with Crippen molar-refractivity contribution in [3.05, 3.63) is 24.0 Å². The molecule has 96 valence electrons. The summed E-state index contributed by atoms with van der Waals surface area (Å²) in [5.41, 5.74) is 2.52. The van der Waals surface area contributed by atoms with Gasteiger partial charge in [-0.05, 0) is 31.7 Å². The summed E-state index contributed by atoms with van der Waals surface area (Å²) in [6.07, 6.45) is 6.25. The summed E-state index contributed by atoms with van der Waals surface area (Å²) in [6.45, 7) is 2.54. The summed E-state index contributed by atoms with van der Waals surface area (Å²) >= 11 is 0. The van der Waals surface area contributed by atoms with Gasteiger partial charge in [-0.2, -0.15) is 0 Å². The molecule has 1 aromatic heterocycles. The maximum atomic E-state index is 6.07. The first-order valence-corrected chi connectivity index (χ1v) is 6.92. The van der Waals surface area contributed by atoms with E-state index in [2.05, 4.69) is 25.0 Å². The zero-order valence-electron chi connectivity index (χ0n) is 11.0. The van der Waals surface area contributed by atoms with Gasteiger partial charge in [0.05, 0.1) is 5.60 Å². The highest BCUT2D eigenvalue weighted by atomic mass is 16.5. The molecule has 0 saturated carbocycles. The highest BCUT2D eigenvalue weighted by molar-refractivity contribution is 6.32. The highest BCUT2D eigenvalue weighted by Gasteiger charge is 2.39. The standard InChI is InChI=1S/C14H20BNO2/c15-12-1-2-13(16-10-12)11-3-6-18-14(9-11)4-7-17-8-5-14/h1-2,10-11H,3-9,15H2. The quantitative estimate of drug-likeness (QED) is 0.685. The van der Waals surface area contributed by atoms with Gasteiger partial charge in [0.2, 0.25) is 0 Å². The second-order valence-electron chi connectivity index (χ2n) is 5.59. The average molecular weight is 245 g/mol. The Bertz CT molecular complexity index is 395. The van der Waals surface area contributed by atoms with Gasteiger partial charge in [0.1, 0.15) is 7.85 Å². The summed E-state index contributed by atoms with van der Waals surface area (Å²) in [4.78, 5) is 4.59. The first-order chi connectivity index (χ1) is 8.77. The summed E-state index contributed by atoms with van der Waals surface area (Å²) in [5, 5.41) is 0. The van der Waals surface area contributed by atoms with Gasteiger partial charge in [-0.25, -0.2) is 0 Å². The molecule has 1 aromatic rings. The molecule has 4 heteroatoms. The van der Waals surface area contributed by atoms with Crippen LogP contribution < -0.4 is 5.46 Å². The van der Waals surface area contributed by atoms with Crippen LogP contribution in [0, 0.1) is 0 Å². The summed E-state index contributed by atoms with van der Waals surface area (Å²) in [7, 11) is 2.08. The summed E-state index contributed by atoms with van der Waals surface area (Å²) < 4.78 is 11.5. The third-order valence-electron chi connectivity index (χ3n) is 4.25. The van der Waals surface area contributed by atoms with E-state index in [1.165, 1.54) is 11.2 Å². The van der Waals surface area contributed by atoms with E-state index in [0.717, 1.165) is 45.5 Å². The van der Waals surface area contributed by atoms with Crippen LogP contribution in [0.3, 0.4) is 0 Å². The normalized spacial score (nSPS) is 27.2. The lowest BCUT2D eigenvalue weighted by Gasteiger charge is -2.43. The monoisotopic (exact) mass is 245 g/mol. The van der Waals surface area contributed by atoms with Crippen LogP contribution in [0.1, 0.15) is 37.3 Å². The number of rotatable bonds is 1. The van der Waals surface area contributed by atoms with Crippen LogP contribution in [0.15, 0.2) is 18.3 Å². The number of ether oxygens (including phenoxy) is 2. The van der Waals surface area contributed by atoms with Crippen molar-refractivity contribution in [3.8, 4) is 0 Å². The largest absolute Gasteiger partial charge is 0.381 e. The Balaban J connectivity index is 1.75. The number of aromatic nitrogens is 1. The fraction of sp³-hybridized carbons (Fsp3) is 0.643. The Morgan fingerprint density at radius 1 is 1.22 bits per heavy atom. The molecule has 0 radical (unpaired) electrons. The number of hydrogen-bond acceptors (Lipinski definition) is 3. The van der Waals surface area contributed by atoms with Crippen LogP contribution in [0.25, 0.3) is 0 Å². The molecule has 1 unspecified atom stereocenters. The van der Waals surface area contributed by atoms with Crippen LogP contribution in [0.4, 0.5) is 0 Å². The van der Waals surface area contributed by atoms with Crippen molar-refractivity contribution in [3.63, 3.8) is 0 Å². The smallest absolute Gasteiger partial charge is 0.141 e. The number of nitrogens with zero attached hydrogens (tertiary/aromatic N) is 1. The molecular formula is C14H20BNO2. The molecule has 18 heavy (non-hydrogen) atoms. The Kier molecular flexibility index (Phi) is 3.40. The van der Waals surface area contributed by atoms with Crippen molar-refractivity contribution in [2.45, 2.75) is 37.2 Å². The highest BCUT2D eigenvalue weighted by Crippen LogP contribution is 2.40. The Morgan fingerprint density at radius 2 is 2.06 bits per heavy atom. The third-order valence-corrected chi connectivity index (χ3v) is 4.25. The molecule has 0 bridgehead atoms. The molecule has 1 spiro atoms. The van der Waals surface area contributed by atoms with E-state index in [1.807, 2.05) is 6.20 Å². The lowest BCUT2D eigenvalue weighted by molar-refractivity contribution is -0.138. The fourth-order valence-corrected chi connectivity index (χ4v) is 3.09. The SMILES string of the molecule is Bc1ccc(C2CCOC3(CCOCC3)C2)nc1. The first kappa shape index (κ1) is 12.2. The molecule has 3 heterocycles. The zero-order chi connectivity index (χ0) is 12.4. The van der Waals surface area contributed by atoms with Gasteiger partial charge < -0.3 is 9.47 Å². The van der Waals surface area contributed by atoms with Gasteiger partial charge in [-0.3, -0.25) is 4.98 Å². The molecule has 2 saturated heterocycles. The molecule has 0 amide bonds. The van der Waals surface area contributed by atoms with Crippen LogP contribution >= 0.6 is 0 Å². The van der Waals surface area contributed by atoms with Crippen molar-refractivity contribution < 1.29 is 9.47 Å². The maximum Gasteiger partial charge on any atom is 0.141 e. The van der Waals surface area contributed by atoms with E-state index < -0.39 is 0 Å². The lowest BCUT2D eigenvalue weighted by Crippen LogP contribution is -2.43. The van der Waals surface area contributed by atoms with Gasteiger partial charge in [0.25, 0.3) is 0 Å². The van der Waals surface area contributed by atoms with Gasteiger partial charge in [-0.1, -0.05) is 11.5 Å². The summed E-state index contributed by atoms with van der Waals surface area (Å²) in [5.74, 6) is 0.553. The third kappa shape index (κ3) is 2.45. The molecule has 0 aliphatic carbocycles. The van der Waals surface area contributed by atoms with E-state index in [9.17, 15) is 0 Å². The van der Waals surface area contributed by atoms with Crippen molar-refractivity contribution >= 4 is 13.3 Å². The molecule has 2 aliphatic rings. The van der Waals surface area contributed by atoms with E-state index in [1.54, 1.807) is 0 Å². The fourth-order valence-electron chi connectivity index (χ4n) is 3.09. The minimum absolute atomic E-state index is 0.0632. The predicted octanol–water partition coefficient (Wildman–Crippen LogP) is 0.783. The Morgan fingerprint density at radius 3 is 2.78 bits per heavy atom. The number of pyridine rings is 1. The zero-order valence-corrected chi connectivity index (χ0v) is 11.0. The molecule has 0 N–H and O–H groups in total. The van der Waals surface area contributed by atoms with Gasteiger partial charge in [0, 0.05) is 37.6 Å².